The molecule has 4 fully saturated rings. The van der Waals surface area contributed by atoms with Crippen LogP contribution in [0.2, 0.25) is 0 Å². The normalized spacial score (nSPS) is 26.7. The van der Waals surface area contributed by atoms with Crippen LogP contribution in [0.1, 0.15) is 57.2 Å². The van der Waals surface area contributed by atoms with E-state index in [9.17, 15) is 15.0 Å². The van der Waals surface area contributed by atoms with Gasteiger partial charge in [-0.2, -0.15) is 5.06 Å². The summed E-state index contributed by atoms with van der Waals surface area (Å²) in [5, 5.41) is 26.4. The van der Waals surface area contributed by atoms with E-state index in [4.69, 9.17) is 9.57 Å². The average molecular weight is 725 g/mol. The van der Waals surface area contributed by atoms with Gasteiger partial charge < -0.3 is 30.1 Å². The molecular formula is C44H60N4O5. The third-order valence-corrected chi connectivity index (χ3v) is 12.8. The number of ether oxygens (including phenoxy) is 1. The molecule has 0 radical (unpaired) electrons. The molecule has 2 bridgehead atoms. The van der Waals surface area contributed by atoms with Crippen molar-refractivity contribution in [3.05, 3.63) is 90.0 Å². The summed E-state index contributed by atoms with van der Waals surface area (Å²) in [6.07, 6.45) is 1.49. The zero-order valence-electron chi connectivity index (χ0n) is 32.9. The van der Waals surface area contributed by atoms with Crippen LogP contribution in [0.4, 0.5) is 5.69 Å². The Hall–Kier alpha value is -3.89. The second-order valence-electron chi connectivity index (χ2n) is 16.5. The Morgan fingerprint density at radius 3 is 2.45 bits per heavy atom. The number of hydroxylamine groups is 2. The number of hydrogen-bond donors (Lipinski definition) is 3. The van der Waals surface area contributed by atoms with Gasteiger partial charge in [0.2, 0.25) is 5.91 Å². The highest BCUT2D eigenvalue weighted by molar-refractivity contribution is 5.83. The third-order valence-electron chi connectivity index (χ3n) is 12.8. The Morgan fingerprint density at radius 2 is 1.83 bits per heavy atom. The lowest BCUT2D eigenvalue weighted by Gasteiger charge is -2.62. The van der Waals surface area contributed by atoms with Crippen molar-refractivity contribution < 1.29 is 24.6 Å². The molecule has 0 unspecified atom stereocenters. The monoisotopic (exact) mass is 724 g/mol. The minimum Gasteiger partial charge on any atom is -0.496 e. The number of likely N-dealkylation sites (N-methyl/N-ethyl adjacent to an activating group) is 1. The largest absolute Gasteiger partial charge is 0.496 e. The van der Waals surface area contributed by atoms with Crippen LogP contribution in [0.5, 0.6) is 5.75 Å². The summed E-state index contributed by atoms with van der Waals surface area (Å²) in [7, 11) is 7.80. The van der Waals surface area contributed by atoms with E-state index >= 15 is 0 Å². The first-order valence-electron chi connectivity index (χ1n) is 19.2. The highest BCUT2D eigenvalue weighted by atomic mass is 16.7. The van der Waals surface area contributed by atoms with Crippen LogP contribution >= 0.6 is 0 Å². The van der Waals surface area contributed by atoms with E-state index in [-0.39, 0.29) is 25.1 Å². The van der Waals surface area contributed by atoms with E-state index < -0.39 is 24.2 Å². The predicted octanol–water partition coefficient (Wildman–Crippen LogP) is 6.23. The lowest BCUT2D eigenvalue weighted by Crippen LogP contribution is -2.62. The van der Waals surface area contributed by atoms with Crippen LogP contribution in [0.15, 0.2) is 73.3 Å². The molecule has 8 atom stereocenters. The van der Waals surface area contributed by atoms with Crippen LogP contribution < -0.4 is 15.0 Å². The molecule has 0 aromatic heterocycles. The van der Waals surface area contributed by atoms with E-state index in [0.717, 1.165) is 53.0 Å². The highest BCUT2D eigenvalue weighted by Gasteiger charge is 2.57. The quantitative estimate of drug-likeness (QED) is 0.180. The molecule has 3 aliphatic carbocycles. The SMILES string of the molecule is C=C(c1cc(-c2cccc(CN3O[C@@H](CO)[C@H]([C@H](C)O)[C@H]3C(=O)N[C@H]3C[C@H]4C[C@@H]([C@@H]3C)C4(C)C)c2OC)cc(N(C)C)c1)N(C)CCc1ccccc1. The molecule has 1 amide bonds. The van der Waals surface area contributed by atoms with Crippen molar-refractivity contribution in [2.45, 2.75) is 77.8 Å². The number of anilines is 1. The molecule has 1 saturated heterocycles. The molecule has 9 nitrogen and oxygen atoms in total. The molecule has 3 aromatic carbocycles. The number of para-hydroxylation sites is 1. The summed E-state index contributed by atoms with van der Waals surface area (Å²) in [5.41, 5.74) is 7.26. The predicted molar refractivity (Wildman–Crippen MR) is 212 cm³/mol. The van der Waals surface area contributed by atoms with Crippen molar-refractivity contribution in [1.29, 1.82) is 0 Å². The second-order valence-corrected chi connectivity index (χ2v) is 16.5. The lowest BCUT2D eigenvalue weighted by atomic mass is 9.45. The number of amides is 1. The van der Waals surface area contributed by atoms with Gasteiger partial charge in [-0.1, -0.05) is 75.9 Å². The third kappa shape index (κ3) is 7.72. The van der Waals surface area contributed by atoms with E-state index in [1.54, 1.807) is 19.1 Å². The Balaban J connectivity index is 1.27. The molecule has 53 heavy (non-hydrogen) atoms. The molecule has 3 saturated carbocycles. The summed E-state index contributed by atoms with van der Waals surface area (Å²) >= 11 is 0. The lowest BCUT2D eigenvalue weighted by molar-refractivity contribution is -0.183. The molecule has 286 valence electrons. The van der Waals surface area contributed by atoms with E-state index in [1.165, 1.54) is 12.0 Å². The van der Waals surface area contributed by atoms with Crippen LogP contribution in [0.3, 0.4) is 0 Å². The highest BCUT2D eigenvalue weighted by Crippen LogP contribution is 2.61. The van der Waals surface area contributed by atoms with Gasteiger partial charge in [-0.3, -0.25) is 9.63 Å². The van der Waals surface area contributed by atoms with Gasteiger partial charge in [-0.15, -0.1) is 0 Å². The number of rotatable bonds is 14. The molecular weight excluding hydrogens is 665 g/mol. The number of carbonyl (C=O) groups is 1. The van der Waals surface area contributed by atoms with Gasteiger partial charge in [0.25, 0.3) is 0 Å². The topological polar surface area (TPSA) is 97.7 Å². The van der Waals surface area contributed by atoms with E-state index in [1.807, 2.05) is 38.4 Å². The number of aliphatic hydroxyl groups excluding tert-OH is 2. The first kappa shape index (κ1) is 38.8. The van der Waals surface area contributed by atoms with Gasteiger partial charge in [-0.25, -0.2) is 0 Å². The van der Waals surface area contributed by atoms with Crippen molar-refractivity contribution in [2.24, 2.45) is 29.1 Å². The van der Waals surface area contributed by atoms with Gasteiger partial charge in [0, 0.05) is 62.2 Å². The Kier molecular flexibility index (Phi) is 11.6. The smallest absolute Gasteiger partial charge is 0.240 e. The molecule has 4 aliphatic rings. The number of hydrogen-bond acceptors (Lipinski definition) is 8. The summed E-state index contributed by atoms with van der Waals surface area (Å²) in [6.45, 7) is 13.9. The minimum atomic E-state index is -0.872. The van der Waals surface area contributed by atoms with Gasteiger partial charge in [-0.05, 0) is 84.2 Å². The number of nitrogens with one attached hydrogen (secondary N) is 1. The fourth-order valence-corrected chi connectivity index (χ4v) is 9.32. The van der Waals surface area contributed by atoms with Gasteiger partial charge in [0.1, 0.15) is 17.9 Å². The Morgan fingerprint density at radius 1 is 1.09 bits per heavy atom. The number of carbonyl (C=O) groups excluding carboxylic acids is 1. The van der Waals surface area contributed by atoms with Gasteiger partial charge >= 0.3 is 0 Å². The van der Waals surface area contributed by atoms with Crippen molar-refractivity contribution in [3.8, 4) is 16.9 Å². The molecule has 1 heterocycles. The minimum absolute atomic E-state index is 0.0621. The van der Waals surface area contributed by atoms with Crippen molar-refractivity contribution >= 4 is 17.3 Å². The Labute approximate surface area is 316 Å². The zero-order valence-corrected chi connectivity index (χ0v) is 32.9. The number of aliphatic hydroxyl groups is 2. The summed E-state index contributed by atoms with van der Waals surface area (Å²) in [5.74, 6) is 1.41. The standard InChI is InChI=1S/C44H60N4O5/c1-27-37-23-34(44(37,4)5)24-38(27)45-43(51)41-40(29(3)50)39(26-49)53-48(41)25-31-16-13-17-36(42(31)52-9)33-20-32(21-35(22-33)46(6)7)28(2)47(8)19-18-30-14-11-10-12-15-30/h10-17,20-22,27,29,34,37-41,49-50H,2,18-19,23-26H2,1,3-9H3,(H,45,51)/t27-,29-,34+,37-,38-,39-,40-,41-/m0/s1. The maximum absolute atomic E-state index is 14.3. The van der Waals surface area contributed by atoms with E-state index in [2.05, 4.69) is 92.0 Å². The molecule has 3 N–H and O–H groups in total. The van der Waals surface area contributed by atoms with Crippen LogP contribution in [0.25, 0.3) is 16.8 Å². The van der Waals surface area contributed by atoms with Crippen molar-refractivity contribution in [1.82, 2.24) is 15.3 Å². The zero-order chi connectivity index (χ0) is 38.2. The van der Waals surface area contributed by atoms with Crippen LogP contribution in [-0.4, -0.2) is 91.8 Å². The number of fused-ring (bicyclic) bond motifs is 2. The summed E-state index contributed by atoms with van der Waals surface area (Å²) in [4.78, 5) is 24.9. The second kappa shape index (κ2) is 15.8. The molecule has 9 heteroatoms. The molecule has 1 aliphatic heterocycles. The maximum atomic E-state index is 14.3. The summed E-state index contributed by atoms with van der Waals surface area (Å²) in [6, 6.07) is 22.2. The van der Waals surface area contributed by atoms with E-state index in [0.29, 0.717) is 28.9 Å². The first-order chi connectivity index (χ1) is 25.2. The number of nitrogens with zero attached hydrogens (tertiary/aromatic N) is 3. The Bertz CT molecular complexity index is 1760. The summed E-state index contributed by atoms with van der Waals surface area (Å²) < 4.78 is 6.14. The molecule has 0 spiro atoms. The van der Waals surface area contributed by atoms with Crippen LogP contribution in [-0.2, 0) is 22.6 Å². The van der Waals surface area contributed by atoms with Gasteiger partial charge in [0.15, 0.2) is 0 Å². The van der Waals surface area contributed by atoms with Crippen molar-refractivity contribution in [2.75, 3.05) is 46.3 Å². The average Bonchev–Trinajstić information content (AvgIpc) is 3.52. The fourth-order valence-electron chi connectivity index (χ4n) is 9.32. The first-order valence-corrected chi connectivity index (χ1v) is 19.2. The fraction of sp³-hybridized carbons (Fsp3) is 0.523. The van der Waals surface area contributed by atoms with Gasteiger partial charge in [0.05, 0.1) is 26.4 Å². The number of methoxy groups -OCH3 is 1. The maximum Gasteiger partial charge on any atom is 0.240 e. The molecule has 3 aromatic rings. The van der Waals surface area contributed by atoms with Crippen LogP contribution in [0, 0.1) is 29.1 Å². The van der Waals surface area contributed by atoms with Crippen molar-refractivity contribution in [3.63, 3.8) is 0 Å². The molecule has 7 rings (SSSR count). The number of benzene rings is 3.